The first kappa shape index (κ1) is 19.5. The Morgan fingerprint density at radius 2 is 1.89 bits per heavy atom. The molecule has 2 aliphatic rings. The summed E-state index contributed by atoms with van der Waals surface area (Å²) in [5.74, 6) is 0.976. The van der Waals surface area contributed by atoms with Gasteiger partial charge in [0.15, 0.2) is 0 Å². The van der Waals surface area contributed by atoms with Gasteiger partial charge in [-0.1, -0.05) is 31.2 Å². The molecule has 3 rings (SSSR count). The summed E-state index contributed by atoms with van der Waals surface area (Å²) in [6.45, 7) is 7.27. The van der Waals surface area contributed by atoms with Crippen molar-refractivity contribution in [2.24, 2.45) is 4.99 Å². The lowest BCUT2D eigenvalue weighted by atomic mass is 10.1. The lowest BCUT2D eigenvalue weighted by Gasteiger charge is -2.33. The van der Waals surface area contributed by atoms with Gasteiger partial charge < -0.3 is 5.11 Å². The highest BCUT2D eigenvalue weighted by Crippen LogP contribution is 2.35. The normalized spacial score (nSPS) is 18.9. The maximum Gasteiger partial charge on any atom is 0.402 e. The molecule has 1 N–H and O–H groups in total. The van der Waals surface area contributed by atoms with Crippen molar-refractivity contribution in [2.45, 2.75) is 65.5 Å². The van der Waals surface area contributed by atoms with Crippen LogP contribution < -0.4 is 4.57 Å². The standard InChI is InChI=1S/C19H30N5O3/c1-5-6-7-8-10-22-13(2)14(3)24-15-16(20-18(22)24)21(4)19(27)23(17(15)26)11-9-12-25/h15,25H,5-12H2,1-4H3/q+1. The molecule has 0 aliphatic carbocycles. The van der Waals surface area contributed by atoms with Gasteiger partial charge in [0, 0.05) is 20.2 Å². The SMILES string of the molecule is CCCCCC[n+]1c(C)c(C)n2c1N=C1C2C(=O)N(CCCO)C(=O)N1C. The fourth-order valence-corrected chi connectivity index (χ4v) is 3.90. The van der Waals surface area contributed by atoms with Crippen LogP contribution in [0.15, 0.2) is 4.99 Å². The molecule has 1 saturated heterocycles. The number of amides is 3. The van der Waals surface area contributed by atoms with E-state index in [1.165, 1.54) is 29.1 Å². The number of imide groups is 1. The van der Waals surface area contributed by atoms with Crippen LogP contribution in [0.1, 0.15) is 56.5 Å². The van der Waals surface area contributed by atoms with Gasteiger partial charge in [-0.3, -0.25) is 14.6 Å². The number of carbonyl (C=O) groups is 2. The third-order valence-electron chi connectivity index (χ3n) is 5.60. The fraction of sp³-hybridized carbons (Fsp3) is 0.684. The molecule has 1 unspecified atom stereocenters. The number of carbonyl (C=O) groups excluding carboxylic acids is 2. The zero-order valence-electron chi connectivity index (χ0n) is 16.7. The van der Waals surface area contributed by atoms with Gasteiger partial charge in [-0.25, -0.2) is 13.9 Å². The molecule has 1 aromatic rings. The highest BCUT2D eigenvalue weighted by atomic mass is 16.3. The lowest BCUT2D eigenvalue weighted by Crippen LogP contribution is -2.57. The Bertz CT molecular complexity index is 783. The van der Waals surface area contributed by atoms with Gasteiger partial charge in [0.25, 0.3) is 5.91 Å². The first-order valence-electron chi connectivity index (χ1n) is 9.83. The van der Waals surface area contributed by atoms with Gasteiger partial charge in [0.2, 0.25) is 11.9 Å². The van der Waals surface area contributed by atoms with Crippen LogP contribution in [-0.4, -0.2) is 57.4 Å². The van der Waals surface area contributed by atoms with Crippen LogP contribution in [0.5, 0.6) is 0 Å². The first-order valence-corrected chi connectivity index (χ1v) is 9.83. The number of unbranched alkanes of at least 4 members (excludes halogenated alkanes) is 3. The second kappa shape index (κ2) is 7.80. The largest absolute Gasteiger partial charge is 0.402 e. The molecule has 0 bridgehead atoms. The number of aliphatic hydroxyl groups excluding tert-OH is 1. The molecule has 0 radical (unpaired) electrons. The quantitative estimate of drug-likeness (QED) is 0.555. The van der Waals surface area contributed by atoms with E-state index in [2.05, 4.69) is 18.4 Å². The highest BCUT2D eigenvalue weighted by Gasteiger charge is 2.53. The highest BCUT2D eigenvalue weighted by molar-refractivity contribution is 6.20. The molecule has 3 amide bonds. The van der Waals surface area contributed by atoms with Crippen LogP contribution in [0.4, 0.5) is 10.7 Å². The van der Waals surface area contributed by atoms with Gasteiger partial charge in [0.05, 0.1) is 6.54 Å². The number of likely N-dealkylation sites (N-methyl/N-ethyl adjacent to an activating group) is 1. The van der Waals surface area contributed by atoms with E-state index in [4.69, 9.17) is 10.1 Å². The van der Waals surface area contributed by atoms with E-state index in [1.54, 1.807) is 7.05 Å². The van der Waals surface area contributed by atoms with Crippen molar-refractivity contribution in [3.05, 3.63) is 11.4 Å². The minimum atomic E-state index is -0.600. The fourth-order valence-electron chi connectivity index (χ4n) is 3.90. The summed E-state index contributed by atoms with van der Waals surface area (Å²) in [4.78, 5) is 33.1. The van der Waals surface area contributed by atoms with E-state index in [1.807, 2.05) is 11.5 Å². The maximum atomic E-state index is 13.1. The molecule has 1 atom stereocenters. The summed E-state index contributed by atoms with van der Waals surface area (Å²) in [7, 11) is 1.66. The van der Waals surface area contributed by atoms with Gasteiger partial charge in [-0.05, 0) is 26.7 Å². The van der Waals surface area contributed by atoms with Crippen molar-refractivity contribution in [3.8, 4) is 0 Å². The predicted molar refractivity (Wildman–Crippen MR) is 101 cm³/mol. The molecule has 148 valence electrons. The number of urea groups is 1. The molecule has 8 nitrogen and oxygen atoms in total. The summed E-state index contributed by atoms with van der Waals surface area (Å²) < 4.78 is 4.13. The van der Waals surface area contributed by atoms with Crippen molar-refractivity contribution in [2.75, 3.05) is 20.2 Å². The average Bonchev–Trinajstić information content (AvgIpc) is 3.15. The third kappa shape index (κ3) is 3.16. The van der Waals surface area contributed by atoms with Crippen LogP contribution in [-0.2, 0) is 11.3 Å². The number of amidine groups is 1. The van der Waals surface area contributed by atoms with E-state index in [0.29, 0.717) is 12.3 Å². The summed E-state index contributed by atoms with van der Waals surface area (Å²) in [6, 6.07) is -0.977. The Labute approximate surface area is 160 Å². The minimum absolute atomic E-state index is 0.0585. The second-order valence-corrected chi connectivity index (χ2v) is 7.33. The lowest BCUT2D eigenvalue weighted by molar-refractivity contribution is -0.689. The summed E-state index contributed by atoms with van der Waals surface area (Å²) in [5, 5.41) is 9.09. The van der Waals surface area contributed by atoms with E-state index in [-0.39, 0.29) is 25.1 Å². The van der Waals surface area contributed by atoms with Crippen LogP contribution in [0.3, 0.4) is 0 Å². The smallest absolute Gasteiger partial charge is 0.396 e. The van der Waals surface area contributed by atoms with E-state index in [0.717, 1.165) is 30.3 Å². The molecule has 1 aromatic heterocycles. The van der Waals surface area contributed by atoms with E-state index >= 15 is 0 Å². The van der Waals surface area contributed by atoms with Crippen LogP contribution in [0.25, 0.3) is 0 Å². The van der Waals surface area contributed by atoms with Gasteiger partial charge >= 0.3 is 12.0 Å². The Kier molecular flexibility index (Phi) is 5.64. The van der Waals surface area contributed by atoms with Crippen molar-refractivity contribution < 1.29 is 19.3 Å². The molecule has 8 heteroatoms. The Balaban J connectivity index is 1.95. The van der Waals surface area contributed by atoms with Crippen molar-refractivity contribution in [3.63, 3.8) is 0 Å². The number of imidazole rings is 1. The first-order chi connectivity index (χ1) is 12.9. The number of aromatic nitrogens is 2. The minimum Gasteiger partial charge on any atom is -0.396 e. The Morgan fingerprint density at radius 3 is 2.56 bits per heavy atom. The van der Waals surface area contributed by atoms with Crippen LogP contribution in [0, 0.1) is 13.8 Å². The molecule has 0 aromatic carbocycles. The predicted octanol–water partition coefficient (Wildman–Crippen LogP) is 1.83. The third-order valence-corrected chi connectivity index (χ3v) is 5.60. The monoisotopic (exact) mass is 376 g/mol. The molecule has 0 spiro atoms. The molecular weight excluding hydrogens is 346 g/mol. The summed E-state index contributed by atoms with van der Waals surface area (Å²) in [6.07, 6.45) is 5.00. The van der Waals surface area contributed by atoms with Crippen molar-refractivity contribution in [1.29, 1.82) is 0 Å². The zero-order chi connectivity index (χ0) is 19.7. The number of hydrogen-bond donors (Lipinski definition) is 1. The zero-order valence-corrected chi connectivity index (χ0v) is 16.7. The molecular formula is C19H30N5O3+. The maximum absolute atomic E-state index is 13.1. The number of aliphatic hydroxyl groups is 1. The number of nitrogens with zero attached hydrogens (tertiary/aromatic N) is 5. The molecule has 0 saturated carbocycles. The molecule has 27 heavy (non-hydrogen) atoms. The number of aliphatic imine (C=N–C) groups is 1. The Morgan fingerprint density at radius 1 is 1.15 bits per heavy atom. The molecule has 1 fully saturated rings. The van der Waals surface area contributed by atoms with Crippen molar-refractivity contribution in [1.82, 2.24) is 14.4 Å². The van der Waals surface area contributed by atoms with E-state index in [9.17, 15) is 9.59 Å². The van der Waals surface area contributed by atoms with Crippen LogP contribution >= 0.6 is 0 Å². The van der Waals surface area contributed by atoms with Gasteiger partial charge in [-0.15, -0.1) is 0 Å². The summed E-state index contributed by atoms with van der Waals surface area (Å²) >= 11 is 0. The summed E-state index contributed by atoms with van der Waals surface area (Å²) in [5.41, 5.74) is 2.11. The number of fused-ring (bicyclic) bond motifs is 3. The van der Waals surface area contributed by atoms with Gasteiger partial charge in [0.1, 0.15) is 11.4 Å². The number of hydrogen-bond acceptors (Lipinski definition) is 4. The molecule has 3 heterocycles. The number of rotatable bonds is 8. The average molecular weight is 376 g/mol. The second-order valence-electron chi connectivity index (χ2n) is 7.33. The Hall–Kier alpha value is -2.22. The van der Waals surface area contributed by atoms with Crippen molar-refractivity contribution >= 4 is 23.7 Å². The van der Waals surface area contributed by atoms with Gasteiger partial charge in [-0.2, -0.15) is 0 Å². The topological polar surface area (TPSA) is 82.0 Å². The van der Waals surface area contributed by atoms with Crippen LogP contribution in [0.2, 0.25) is 0 Å². The van der Waals surface area contributed by atoms with E-state index < -0.39 is 6.04 Å². The molecule has 2 aliphatic heterocycles.